The van der Waals surface area contributed by atoms with Crippen molar-refractivity contribution in [1.82, 2.24) is 5.32 Å². The molecule has 3 nitrogen and oxygen atoms in total. The number of rotatable bonds is 4. The second-order valence-corrected chi connectivity index (χ2v) is 6.72. The molecule has 1 aliphatic heterocycles. The molecule has 1 heterocycles. The van der Waals surface area contributed by atoms with Gasteiger partial charge < -0.3 is 9.47 Å². The molecular weight excluding hydrogens is 391 g/mol. The largest absolute Gasteiger partial charge is 0.454 e. The van der Waals surface area contributed by atoms with Crippen LogP contribution in [0.2, 0.25) is 0 Å². The molecule has 0 spiro atoms. The van der Waals surface area contributed by atoms with Crippen molar-refractivity contribution in [2.45, 2.75) is 18.8 Å². The van der Waals surface area contributed by atoms with Crippen molar-refractivity contribution < 1.29 is 22.6 Å². The monoisotopic (exact) mass is 409 g/mol. The third-order valence-corrected chi connectivity index (χ3v) is 4.66. The number of alkyl halides is 3. The Morgan fingerprint density at radius 3 is 2.43 bits per heavy atom. The van der Waals surface area contributed by atoms with Crippen LogP contribution in [0.5, 0.6) is 11.5 Å². The van der Waals surface area contributed by atoms with Crippen molar-refractivity contribution in [2.75, 3.05) is 6.79 Å². The number of hydrogen-bond acceptors (Lipinski definition) is 3. The van der Waals surface area contributed by atoms with Crippen molar-refractivity contribution in [3.63, 3.8) is 0 Å². The molecule has 0 saturated carbocycles. The summed E-state index contributed by atoms with van der Waals surface area (Å²) >= 11 is 0. The van der Waals surface area contributed by atoms with Gasteiger partial charge in [0.15, 0.2) is 11.5 Å². The van der Waals surface area contributed by atoms with E-state index in [-0.39, 0.29) is 12.4 Å². The highest BCUT2D eigenvalue weighted by Gasteiger charge is 2.34. The van der Waals surface area contributed by atoms with E-state index in [0.717, 1.165) is 17.2 Å². The topological polar surface area (TPSA) is 30.5 Å². The van der Waals surface area contributed by atoms with E-state index in [1.165, 1.54) is 12.1 Å². The molecule has 1 unspecified atom stereocenters. The highest BCUT2D eigenvalue weighted by atomic mass is 19.4. The quantitative estimate of drug-likeness (QED) is 0.592. The number of halogens is 3. The second-order valence-electron chi connectivity index (χ2n) is 6.72. The summed E-state index contributed by atoms with van der Waals surface area (Å²) in [6.45, 7) is 0.479. The molecule has 152 valence electrons. The molecule has 0 aromatic heterocycles. The predicted molar refractivity (Wildman–Crippen MR) is 107 cm³/mol. The second kappa shape index (κ2) is 8.52. The van der Waals surface area contributed by atoms with E-state index in [0.29, 0.717) is 18.0 Å². The Labute approximate surface area is 172 Å². The normalized spacial score (nSPS) is 13.4. The molecule has 3 aromatic carbocycles. The van der Waals surface area contributed by atoms with Gasteiger partial charge in [-0.3, -0.25) is 5.32 Å². The maximum absolute atomic E-state index is 13.6. The fourth-order valence-corrected chi connectivity index (χ4v) is 3.19. The molecule has 1 aliphatic rings. The number of benzene rings is 3. The molecular formula is C24H18F3NO2. The minimum absolute atomic E-state index is 0.0918. The maximum Gasteiger partial charge on any atom is 0.416 e. The van der Waals surface area contributed by atoms with E-state index >= 15 is 0 Å². The first-order chi connectivity index (χ1) is 14.5. The highest BCUT2D eigenvalue weighted by Crippen LogP contribution is 2.35. The summed E-state index contributed by atoms with van der Waals surface area (Å²) in [6, 6.07) is 19.3. The van der Waals surface area contributed by atoms with Crippen molar-refractivity contribution in [1.29, 1.82) is 0 Å². The lowest BCUT2D eigenvalue weighted by molar-refractivity contribution is -0.138. The van der Waals surface area contributed by atoms with Gasteiger partial charge in [0.25, 0.3) is 0 Å². The zero-order chi connectivity index (χ0) is 21.0. The van der Waals surface area contributed by atoms with Gasteiger partial charge >= 0.3 is 6.18 Å². The fraction of sp³-hybridized carbons (Fsp3) is 0.167. The van der Waals surface area contributed by atoms with Crippen LogP contribution >= 0.6 is 0 Å². The van der Waals surface area contributed by atoms with E-state index in [9.17, 15) is 13.2 Å². The summed E-state index contributed by atoms with van der Waals surface area (Å²) in [7, 11) is 0. The maximum atomic E-state index is 13.6. The van der Waals surface area contributed by atoms with Gasteiger partial charge in [-0.1, -0.05) is 54.3 Å². The summed E-state index contributed by atoms with van der Waals surface area (Å²) in [6.07, 6.45) is -4.47. The first-order valence-electron chi connectivity index (χ1n) is 9.35. The standard InChI is InChI=1S/C24H18F3NO2/c25-24(26,27)20-9-5-4-8-19(20)21(12-10-17-6-2-1-3-7-17)28-15-18-11-13-22-23(14-18)30-16-29-22/h1-9,11,13-14,21,28H,15-16H2. The SMILES string of the molecule is FC(F)(F)c1ccccc1C(C#Cc1ccccc1)NCc1ccc2c(c1)OCO2. The van der Waals surface area contributed by atoms with Gasteiger partial charge in [-0.15, -0.1) is 0 Å². The average molecular weight is 409 g/mol. The molecule has 3 aromatic rings. The van der Waals surface area contributed by atoms with E-state index in [4.69, 9.17) is 9.47 Å². The fourth-order valence-electron chi connectivity index (χ4n) is 3.19. The number of nitrogens with one attached hydrogen (secondary N) is 1. The van der Waals surface area contributed by atoms with Gasteiger partial charge in [0, 0.05) is 12.1 Å². The van der Waals surface area contributed by atoms with E-state index in [2.05, 4.69) is 17.2 Å². The predicted octanol–water partition coefficient (Wildman–Crippen LogP) is 5.32. The Balaban J connectivity index is 1.64. The molecule has 1 N–H and O–H groups in total. The molecule has 30 heavy (non-hydrogen) atoms. The summed E-state index contributed by atoms with van der Waals surface area (Å²) in [5.74, 6) is 7.22. The summed E-state index contributed by atoms with van der Waals surface area (Å²) < 4.78 is 51.4. The van der Waals surface area contributed by atoms with Gasteiger partial charge in [-0.05, 0) is 41.5 Å². The lowest BCUT2D eigenvalue weighted by atomic mass is 9.99. The number of hydrogen-bond donors (Lipinski definition) is 1. The summed E-state index contributed by atoms with van der Waals surface area (Å²) in [5.41, 5.74) is 0.983. The van der Waals surface area contributed by atoms with Gasteiger partial charge in [0.2, 0.25) is 6.79 Å². The lowest BCUT2D eigenvalue weighted by Crippen LogP contribution is -2.23. The minimum atomic E-state index is -4.47. The Morgan fingerprint density at radius 1 is 0.900 bits per heavy atom. The van der Waals surface area contributed by atoms with Crippen LogP contribution in [0.4, 0.5) is 13.2 Å². The molecule has 0 fully saturated rings. The Kier molecular flexibility index (Phi) is 5.64. The third kappa shape index (κ3) is 4.58. The van der Waals surface area contributed by atoms with Gasteiger partial charge in [-0.2, -0.15) is 13.2 Å². The van der Waals surface area contributed by atoms with Crippen LogP contribution in [0.25, 0.3) is 0 Å². The van der Waals surface area contributed by atoms with Crippen molar-refractivity contribution in [3.05, 3.63) is 95.1 Å². The smallest absolute Gasteiger partial charge is 0.416 e. The first-order valence-corrected chi connectivity index (χ1v) is 9.35. The summed E-state index contributed by atoms with van der Waals surface area (Å²) in [5, 5.41) is 3.16. The van der Waals surface area contributed by atoms with E-state index in [1.54, 1.807) is 12.1 Å². The molecule has 0 radical (unpaired) electrons. The molecule has 4 rings (SSSR count). The van der Waals surface area contributed by atoms with Crippen LogP contribution in [0.3, 0.4) is 0 Å². The van der Waals surface area contributed by atoms with Crippen LogP contribution in [-0.4, -0.2) is 6.79 Å². The van der Waals surface area contributed by atoms with Crippen LogP contribution in [0.15, 0.2) is 72.8 Å². The van der Waals surface area contributed by atoms with Crippen molar-refractivity contribution in [2.24, 2.45) is 0 Å². The lowest BCUT2D eigenvalue weighted by Gasteiger charge is -2.19. The average Bonchev–Trinajstić information content (AvgIpc) is 3.22. The first kappa shape index (κ1) is 19.9. The third-order valence-electron chi connectivity index (χ3n) is 4.66. The zero-order valence-corrected chi connectivity index (χ0v) is 15.9. The van der Waals surface area contributed by atoms with Crippen LogP contribution < -0.4 is 14.8 Å². The Bertz CT molecular complexity index is 1080. The minimum Gasteiger partial charge on any atom is -0.454 e. The van der Waals surface area contributed by atoms with Gasteiger partial charge in [0.1, 0.15) is 0 Å². The number of fused-ring (bicyclic) bond motifs is 1. The zero-order valence-electron chi connectivity index (χ0n) is 15.9. The van der Waals surface area contributed by atoms with E-state index < -0.39 is 17.8 Å². The molecule has 1 atom stereocenters. The van der Waals surface area contributed by atoms with Crippen LogP contribution in [-0.2, 0) is 12.7 Å². The Hall–Kier alpha value is -3.43. The van der Waals surface area contributed by atoms with Crippen LogP contribution in [0, 0.1) is 11.8 Å². The van der Waals surface area contributed by atoms with Crippen molar-refractivity contribution >= 4 is 0 Å². The molecule has 0 bridgehead atoms. The van der Waals surface area contributed by atoms with Gasteiger partial charge in [0.05, 0.1) is 11.6 Å². The van der Waals surface area contributed by atoms with E-state index in [1.807, 2.05) is 42.5 Å². The summed E-state index contributed by atoms with van der Waals surface area (Å²) in [4.78, 5) is 0. The molecule has 0 aliphatic carbocycles. The highest BCUT2D eigenvalue weighted by molar-refractivity contribution is 5.45. The Morgan fingerprint density at radius 2 is 1.63 bits per heavy atom. The van der Waals surface area contributed by atoms with Gasteiger partial charge in [-0.25, -0.2) is 0 Å². The van der Waals surface area contributed by atoms with Crippen LogP contribution in [0.1, 0.15) is 28.3 Å². The van der Waals surface area contributed by atoms with Crippen molar-refractivity contribution in [3.8, 4) is 23.3 Å². The number of ether oxygens (including phenoxy) is 2. The molecule has 0 amide bonds. The molecule has 6 heteroatoms. The molecule has 0 saturated heterocycles.